The Balaban J connectivity index is 2.08. The smallest absolute Gasteiger partial charge is 0.0162 e. The fraction of sp³-hybridized carbons (Fsp3) is 1.00. The molecule has 12 aliphatic carbocycles. The zero-order chi connectivity index (χ0) is 5.12. The van der Waals surface area contributed by atoms with E-state index >= 15 is 0 Å². The van der Waals surface area contributed by atoms with Crippen LogP contribution in [-0.4, -0.2) is 0 Å². The zero-order valence-corrected chi connectivity index (χ0v) is 5.12. The highest BCUT2D eigenvalue weighted by Gasteiger charge is 3.12. The van der Waals surface area contributed by atoms with E-state index in [0.717, 1.165) is 5.41 Å². The first-order valence-corrected chi connectivity index (χ1v) is 4.49. The van der Waals surface area contributed by atoms with Crippen LogP contribution in [-0.2, 0) is 0 Å². The van der Waals surface area contributed by atoms with Crippen molar-refractivity contribution in [1.29, 1.82) is 0 Å². The minimum absolute atomic E-state index is 1.13. The topological polar surface area (TPSA) is 0 Å². The summed E-state index contributed by atoms with van der Waals surface area (Å²) in [5.41, 5.74) is 1.13. The van der Waals surface area contributed by atoms with Crippen molar-refractivity contribution < 1.29 is 0 Å². The first-order chi connectivity index (χ1) is 4.49. The fourth-order valence-corrected chi connectivity index (χ4v) is 7.10. The number of rotatable bonds is 0. The molecule has 0 N–H and O–H groups in total. The van der Waals surface area contributed by atoms with Crippen molar-refractivity contribution in [3.05, 3.63) is 0 Å². The van der Waals surface area contributed by atoms with Gasteiger partial charge in [-0.05, 0) is 52.8 Å². The Morgan fingerprint density at radius 3 is 1.22 bits per heavy atom. The molecule has 0 aromatic carbocycles. The number of hydrogen-bond acceptors (Lipinski definition) is 0. The van der Waals surface area contributed by atoms with E-state index in [0.29, 0.717) is 0 Å². The average molecular weight is 116 g/mol. The van der Waals surface area contributed by atoms with Crippen LogP contribution < -0.4 is 0 Å². The third kappa shape index (κ3) is 0.0703. The minimum Gasteiger partial charge on any atom is -0.0309 e. The predicted molar refractivity (Wildman–Crippen MR) is 30.4 cm³/mol. The summed E-state index contributed by atoms with van der Waals surface area (Å²) in [6.45, 7) is 0. The third-order valence-electron chi connectivity index (χ3n) is 6.52. The van der Waals surface area contributed by atoms with Crippen molar-refractivity contribution in [3.63, 3.8) is 0 Å². The Morgan fingerprint density at radius 1 is 0.556 bits per heavy atom. The highest BCUT2D eigenvalue weighted by molar-refractivity contribution is 5.58. The van der Waals surface area contributed by atoms with E-state index < -0.39 is 0 Å². The Morgan fingerprint density at radius 2 is 1.11 bits per heavy atom. The standard InChI is InChI=1S/C9H8/c1-2-6-3(1)8-4-5(1)9(6,8)7(2)4/h1-8H. The molecule has 9 bridgehead atoms. The van der Waals surface area contributed by atoms with Gasteiger partial charge in [-0.1, -0.05) is 0 Å². The molecule has 0 saturated heterocycles. The van der Waals surface area contributed by atoms with E-state index in [2.05, 4.69) is 0 Å². The molecular formula is C9H8. The van der Waals surface area contributed by atoms with Gasteiger partial charge in [-0.15, -0.1) is 0 Å². The lowest BCUT2D eigenvalue weighted by Gasteiger charge is -2.94. The van der Waals surface area contributed by atoms with Crippen molar-refractivity contribution >= 4 is 0 Å². The van der Waals surface area contributed by atoms with Crippen LogP contribution in [0.3, 0.4) is 0 Å². The summed E-state index contributed by atoms with van der Waals surface area (Å²) in [6.07, 6.45) is 0. The van der Waals surface area contributed by atoms with Crippen LogP contribution >= 0.6 is 0 Å². The van der Waals surface area contributed by atoms with Gasteiger partial charge >= 0.3 is 0 Å². The van der Waals surface area contributed by atoms with Crippen molar-refractivity contribution in [2.24, 2.45) is 52.8 Å². The first kappa shape index (κ1) is 2.94. The molecule has 5 atom stereocenters. The quantitative estimate of drug-likeness (QED) is 0.442. The van der Waals surface area contributed by atoms with E-state index in [-0.39, 0.29) is 0 Å². The van der Waals surface area contributed by atoms with E-state index in [4.69, 9.17) is 0 Å². The molecule has 12 fully saturated rings. The predicted octanol–water partition coefficient (Wildman–Crippen LogP) is 0.984. The third-order valence-corrected chi connectivity index (χ3v) is 6.52. The van der Waals surface area contributed by atoms with E-state index in [9.17, 15) is 0 Å². The van der Waals surface area contributed by atoms with Crippen LogP contribution in [0.25, 0.3) is 0 Å². The molecule has 12 rings (SSSR count). The Labute approximate surface area is 53.6 Å². The molecule has 0 nitrogen and oxygen atoms in total. The molecule has 0 radical (unpaired) electrons. The molecule has 12 saturated carbocycles. The van der Waals surface area contributed by atoms with Crippen LogP contribution in [0.5, 0.6) is 0 Å². The van der Waals surface area contributed by atoms with Crippen molar-refractivity contribution in [2.75, 3.05) is 0 Å². The van der Waals surface area contributed by atoms with Gasteiger partial charge in [-0.2, -0.15) is 0 Å². The summed E-state index contributed by atoms with van der Waals surface area (Å²) in [5.74, 6) is 10.8. The Bertz CT molecular complexity index is 234. The SMILES string of the molecule is C12C3C4C1C1C5C2C41C35. The number of hydrogen-bond donors (Lipinski definition) is 0. The maximum absolute atomic E-state index is 1.35. The van der Waals surface area contributed by atoms with Gasteiger partial charge in [0.2, 0.25) is 0 Å². The molecule has 0 amide bonds. The molecule has 12 aliphatic rings. The Kier molecular flexibility index (Phi) is 0.142. The zero-order valence-electron chi connectivity index (χ0n) is 5.12. The fourth-order valence-electron chi connectivity index (χ4n) is 7.10. The molecule has 44 valence electrons. The van der Waals surface area contributed by atoms with Crippen LogP contribution in [0, 0.1) is 52.8 Å². The molecule has 1 spiro atoms. The summed E-state index contributed by atoms with van der Waals surface area (Å²) in [7, 11) is 0. The summed E-state index contributed by atoms with van der Waals surface area (Å²) in [4.78, 5) is 0. The molecule has 9 heavy (non-hydrogen) atoms. The summed E-state index contributed by atoms with van der Waals surface area (Å²) in [5, 5.41) is 0. The summed E-state index contributed by atoms with van der Waals surface area (Å²) >= 11 is 0. The molecular weight excluding hydrogens is 108 g/mol. The largest absolute Gasteiger partial charge is 0.0309 e. The van der Waals surface area contributed by atoms with Crippen molar-refractivity contribution in [2.45, 2.75) is 0 Å². The van der Waals surface area contributed by atoms with Crippen LogP contribution in [0.2, 0.25) is 0 Å². The Hall–Kier alpha value is 0. The van der Waals surface area contributed by atoms with E-state index in [1.165, 1.54) is 47.3 Å². The van der Waals surface area contributed by atoms with Crippen LogP contribution in [0.1, 0.15) is 0 Å². The van der Waals surface area contributed by atoms with Crippen molar-refractivity contribution in [3.8, 4) is 0 Å². The van der Waals surface area contributed by atoms with Crippen LogP contribution in [0.15, 0.2) is 0 Å². The maximum Gasteiger partial charge on any atom is -0.0162 e. The van der Waals surface area contributed by atoms with Gasteiger partial charge in [0.1, 0.15) is 0 Å². The first-order valence-electron chi connectivity index (χ1n) is 4.49. The lowest BCUT2D eigenvalue weighted by atomic mass is 9.10. The van der Waals surface area contributed by atoms with E-state index in [1.807, 2.05) is 0 Å². The van der Waals surface area contributed by atoms with Crippen molar-refractivity contribution in [1.82, 2.24) is 0 Å². The molecule has 0 aromatic heterocycles. The summed E-state index contributed by atoms with van der Waals surface area (Å²) < 4.78 is 0. The average Bonchev–Trinajstić information content (AvgIpc) is 2.45. The molecule has 0 aliphatic heterocycles. The lowest BCUT2D eigenvalue weighted by molar-refractivity contribution is -0.478. The van der Waals surface area contributed by atoms with Gasteiger partial charge in [0, 0.05) is 0 Å². The molecule has 0 heterocycles. The monoisotopic (exact) mass is 116 g/mol. The summed E-state index contributed by atoms with van der Waals surface area (Å²) in [6, 6.07) is 0. The highest BCUT2D eigenvalue weighted by Crippen LogP contribution is 3.15. The highest BCUT2D eigenvalue weighted by atomic mass is 15.2. The maximum atomic E-state index is 1.35. The van der Waals surface area contributed by atoms with Gasteiger partial charge in [0.15, 0.2) is 0 Å². The van der Waals surface area contributed by atoms with Gasteiger partial charge in [0.25, 0.3) is 0 Å². The van der Waals surface area contributed by atoms with Gasteiger partial charge < -0.3 is 0 Å². The normalized spacial score (nSPS) is 117. The second-order valence-corrected chi connectivity index (χ2v) is 5.41. The molecule has 0 aromatic rings. The lowest BCUT2D eigenvalue weighted by Crippen LogP contribution is -2.91. The van der Waals surface area contributed by atoms with Crippen LogP contribution in [0.4, 0.5) is 0 Å². The second kappa shape index (κ2) is 0.436. The minimum atomic E-state index is 1.13. The van der Waals surface area contributed by atoms with Gasteiger partial charge in [-0.25, -0.2) is 0 Å². The van der Waals surface area contributed by atoms with Gasteiger partial charge in [0.05, 0.1) is 0 Å². The molecule has 5 unspecified atom stereocenters. The van der Waals surface area contributed by atoms with E-state index in [1.54, 1.807) is 0 Å². The second-order valence-electron chi connectivity index (χ2n) is 5.41. The molecule has 0 heteroatoms. The van der Waals surface area contributed by atoms with Gasteiger partial charge in [-0.3, -0.25) is 0 Å².